The Morgan fingerprint density at radius 3 is 2.06 bits per heavy atom. The third kappa shape index (κ3) is 5.00. The van der Waals surface area contributed by atoms with Crippen molar-refractivity contribution in [3.8, 4) is 17.2 Å². The molecule has 2 saturated heterocycles. The third-order valence-corrected chi connectivity index (χ3v) is 8.37. The van der Waals surface area contributed by atoms with Gasteiger partial charge in [0.15, 0.2) is 17.3 Å². The largest absolute Gasteiger partial charge is 0.493 e. The summed E-state index contributed by atoms with van der Waals surface area (Å²) < 4.78 is 16.3. The molecule has 2 amide bonds. The minimum atomic E-state index is -0.0203. The van der Waals surface area contributed by atoms with E-state index in [1.54, 1.807) is 39.5 Å². The molecule has 0 saturated carbocycles. The van der Waals surface area contributed by atoms with Crippen LogP contribution in [0.3, 0.4) is 0 Å². The van der Waals surface area contributed by atoms with Gasteiger partial charge < -0.3 is 24.0 Å². The molecule has 1 aromatic carbocycles. The number of carbonyl (C=O) groups is 3. The van der Waals surface area contributed by atoms with Crippen LogP contribution in [0.4, 0.5) is 0 Å². The second-order valence-corrected chi connectivity index (χ2v) is 10.3. The third-order valence-electron chi connectivity index (χ3n) is 7.19. The van der Waals surface area contributed by atoms with Gasteiger partial charge in [0.2, 0.25) is 11.7 Å². The van der Waals surface area contributed by atoms with E-state index in [4.69, 9.17) is 14.2 Å². The molecule has 0 bridgehead atoms. The molecule has 0 aliphatic carbocycles. The SMILES string of the molecule is COc1ccc(CC(=O)N2CCC3(CCN(C(=O)c4ccc(C(C)=O)s4)CC3)C2)c(OC)c1OC. The second kappa shape index (κ2) is 10.3. The van der Waals surface area contributed by atoms with Crippen molar-refractivity contribution in [1.29, 1.82) is 0 Å². The zero-order valence-electron chi connectivity index (χ0n) is 20.7. The number of amides is 2. The number of methoxy groups -OCH3 is 3. The number of hydrogen-bond donors (Lipinski definition) is 0. The van der Waals surface area contributed by atoms with Crippen molar-refractivity contribution >= 4 is 28.9 Å². The minimum absolute atomic E-state index is 0.0103. The lowest BCUT2D eigenvalue weighted by atomic mass is 9.77. The lowest BCUT2D eigenvalue weighted by Crippen LogP contribution is -2.44. The molecule has 8 nitrogen and oxygen atoms in total. The number of hydrogen-bond acceptors (Lipinski definition) is 7. The first kappa shape index (κ1) is 25.0. The first-order valence-electron chi connectivity index (χ1n) is 11.8. The number of piperidine rings is 1. The number of thiophene rings is 1. The molecule has 2 aromatic rings. The van der Waals surface area contributed by atoms with Gasteiger partial charge in [-0.05, 0) is 49.8 Å². The minimum Gasteiger partial charge on any atom is -0.493 e. The lowest BCUT2D eigenvalue weighted by Gasteiger charge is -2.39. The van der Waals surface area contributed by atoms with Crippen LogP contribution >= 0.6 is 11.3 Å². The van der Waals surface area contributed by atoms with Crippen molar-refractivity contribution in [3.05, 3.63) is 39.6 Å². The molecule has 0 radical (unpaired) electrons. The molecule has 3 heterocycles. The molecule has 35 heavy (non-hydrogen) atoms. The molecule has 9 heteroatoms. The average molecular weight is 501 g/mol. The highest BCUT2D eigenvalue weighted by atomic mass is 32.1. The number of rotatable bonds is 7. The van der Waals surface area contributed by atoms with E-state index >= 15 is 0 Å². The zero-order chi connectivity index (χ0) is 25.2. The van der Waals surface area contributed by atoms with Gasteiger partial charge in [-0.25, -0.2) is 0 Å². The number of carbonyl (C=O) groups excluding carboxylic acids is 3. The molecule has 1 spiro atoms. The van der Waals surface area contributed by atoms with Gasteiger partial charge >= 0.3 is 0 Å². The van der Waals surface area contributed by atoms with Crippen molar-refractivity contribution in [2.45, 2.75) is 32.6 Å². The highest BCUT2D eigenvalue weighted by Gasteiger charge is 2.43. The summed E-state index contributed by atoms with van der Waals surface area (Å²) in [6.45, 7) is 4.26. The van der Waals surface area contributed by atoms with E-state index in [0.29, 0.717) is 46.6 Å². The normalized spacial score (nSPS) is 16.9. The quantitative estimate of drug-likeness (QED) is 0.540. The van der Waals surface area contributed by atoms with Gasteiger partial charge in [0.05, 0.1) is 37.5 Å². The summed E-state index contributed by atoms with van der Waals surface area (Å²) >= 11 is 1.26. The first-order valence-corrected chi connectivity index (χ1v) is 12.6. The van der Waals surface area contributed by atoms with E-state index in [0.717, 1.165) is 31.4 Å². The van der Waals surface area contributed by atoms with Crippen molar-refractivity contribution in [3.63, 3.8) is 0 Å². The van der Waals surface area contributed by atoms with Gasteiger partial charge in [-0.2, -0.15) is 0 Å². The van der Waals surface area contributed by atoms with Crippen molar-refractivity contribution in [2.75, 3.05) is 47.5 Å². The summed E-state index contributed by atoms with van der Waals surface area (Å²) in [6, 6.07) is 7.09. The molecule has 0 atom stereocenters. The van der Waals surface area contributed by atoms with Crippen LogP contribution in [0.5, 0.6) is 17.2 Å². The van der Waals surface area contributed by atoms with Gasteiger partial charge in [-0.1, -0.05) is 6.07 Å². The highest BCUT2D eigenvalue weighted by molar-refractivity contribution is 7.15. The van der Waals surface area contributed by atoms with Crippen LogP contribution < -0.4 is 14.2 Å². The number of ether oxygens (including phenoxy) is 3. The van der Waals surface area contributed by atoms with Crippen LogP contribution in [-0.2, 0) is 11.2 Å². The van der Waals surface area contributed by atoms with Crippen LogP contribution in [0.1, 0.15) is 51.1 Å². The summed E-state index contributed by atoms with van der Waals surface area (Å²) in [5, 5.41) is 0. The van der Waals surface area contributed by atoms with Gasteiger partial charge in [0, 0.05) is 31.7 Å². The molecule has 2 fully saturated rings. The molecular formula is C26H32N2O6S. The van der Waals surface area contributed by atoms with E-state index in [-0.39, 0.29) is 29.4 Å². The maximum absolute atomic E-state index is 13.2. The second-order valence-electron chi connectivity index (χ2n) is 9.25. The molecule has 0 unspecified atom stereocenters. The maximum atomic E-state index is 13.2. The van der Waals surface area contributed by atoms with Crippen LogP contribution in [-0.4, -0.2) is 74.9 Å². The molecule has 2 aliphatic rings. The molecule has 4 rings (SSSR count). The van der Waals surface area contributed by atoms with Crippen LogP contribution in [0.25, 0.3) is 0 Å². The van der Waals surface area contributed by atoms with Gasteiger partial charge in [-0.3, -0.25) is 14.4 Å². The Kier molecular flexibility index (Phi) is 7.35. The fraction of sp³-hybridized carbons (Fsp3) is 0.500. The number of Topliss-reactive ketones (excluding diaryl/α,β-unsaturated/α-hetero) is 1. The molecule has 1 aromatic heterocycles. The highest BCUT2D eigenvalue weighted by Crippen LogP contribution is 2.42. The molecule has 0 N–H and O–H groups in total. The summed E-state index contributed by atoms with van der Waals surface area (Å²) in [4.78, 5) is 42.7. The number of nitrogens with zero attached hydrogens (tertiary/aromatic N) is 2. The van der Waals surface area contributed by atoms with Crippen molar-refractivity contribution in [2.24, 2.45) is 5.41 Å². The van der Waals surface area contributed by atoms with E-state index in [1.165, 1.54) is 18.3 Å². The number of benzene rings is 1. The summed E-state index contributed by atoms with van der Waals surface area (Å²) in [7, 11) is 4.67. The van der Waals surface area contributed by atoms with E-state index in [9.17, 15) is 14.4 Å². The van der Waals surface area contributed by atoms with Crippen molar-refractivity contribution < 1.29 is 28.6 Å². The zero-order valence-corrected chi connectivity index (χ0v) is 21.5. The number of ketones is 1. The smallest absolute Gasteiger partial charge is 0.263 e. The molecule has 2 aliphatic heterocycles. The summed E-state index contributed by atoms with van der Waals surface area (Å²) in [5.41, 5.74) is 0.811. The summed E-state index contributed by atoms with van der Waals surface area (Å²) in [6.07, 6.45) is 2.90. The standard InChI is InChI=1S/C26H32N2O6S/c1-17(29)20-7-8-21(35-20)25(31)27-12-9-26(10-13-27)11-14-28(16-26)22(30)15-18-5-6-19(32-2)24(34-4)23(18)33-3/h5-8H,9-16H2,1-4H3. The molecule has 188 valence electrons. The van der Waals surface area contributed by atoms with E-state index < -0.39 is 0 Å². The van der Waals surface area contributed by atoms with Gasteiger partial charge in [-0.15, -0.1) is 11.3 Å². The Bertz CT molecular complexity index is 1120. The van der Waals surface area contributed by atoms with E-state index in [1.807, 2.05) is 15.9 Å². The Morgan fingerprint density at radius 2 is 1.49 bits per heavy atom. The van der Waals surface area contributed by atoms with Crippen molar-refractivity contribution in [1.82, 2.24) is 9.80 Å². The summed E-state index contributed by atoms with van der Waals surface area (Å²) in [5.74, 6) is 1.58. The number of likely N-dealkylation sites (tertiary alicyclic amines) is 2. The molecular weight excluding hydrogens is 468 g/mol. The van der Waals surface area contributed by atoms with Crippen LogP contribution in [0.2, 0.25) is 0 Å². The van der Waals surface area contributed by atoms with Gasteiger partial charge in [0.1, 0.15) is 0 Å². The Morgan fingerprint density at radius 1 is 0.857 bits per heavy atom. The van der Waals surface area contributed by atoms with Crippen LogP contribution in [0, 0.1) is 5.41 Å². The lowest BCUT2D eigenvalue weighted by molar-refractivity contribution is -0.130. The average Bonchev–Trinajstić information content (AvgIpc) is 3.52. The van der Waals surface area contributed by atoms with E-state index in [2.05, 4.69) is 0 Å². The topological polar surface area (TPSA) is 85.4 Å². The Balaban J connectivity index is 1.37. The van der Waals surface area contributed by atoms with Gasteiger partial charge in [0.25, 0.3) is 5.91 Å². The predicted molar refractivity (Wildman–Crippen MR) is 133 cm³/mol. The first-order chi connectivity index (χ1) is 16.8. The van der Waals surface area contributed by atoms with Crippen LogP contribution in [0.15, 0.2) is 24.3 Å². The monoisotopic (exact) mass is 500 g/mol. The Labute approximate surface area is 209 Å². The maximum Gasteiger partial charge on any atom is 0.263 e. The fourth-order valence-corrected chi connectivity index (χ4v) is 5.98. The Hall–Kier alpha value is -3.07. The predicted octanol–water partition coefficient (Wildman–Crippen LogP) is 3.67. The fourth-order valence-electron chi connectivity index (χ4n) is 5.12.